The van der Waals surface area contributed by atoms with Gasteiger partial charge in [0.05, 0.1) is 12.1 Å². The molecule has 0 fully saturated rings. The van der Waals surface area contributed by atoms with E-state index < -0.39 is 0 Å². The highest BCUT2D eigenvalue weighted by atomic mass is 16.1. The normalized spacial score (nSPS) is 10.6. The average molecular weight is 320 g/mol. The molecule has 2 N–H and O–H groups in total. The maximum Gasteiger partial charge on any atom is 0.228 e. The molecule has 0 spiro atoms. The van der Waals surface area contributed by atoms with Crippen LogP contribution in [-0.4, -0.2) is 21.1 Å². The first-order chi connectivity index (χ1) is 11.5. The first-order valence-electron chi connectivity index (χ1n) is 7.87. The van der Waals surface area contributed by atoms with Gasteiger partial charge in [0.25, 0.3) is 0 Å². The number of amides is 1. The first-order valence-corrected chi connectivity index (χ1v) is 7.87. The fraction of sp³-hybridized carbons (Fsp3) is 0.211. The summed E-state index contributed by atoms with van der Waals surface area (Å²) >= 11 is 0. The SMILES string of the molecule is Cc1ccc(C)c(CC(=O)Nc2ccccc2-c2n[nH]c(C)n2)c1. The zero-order valence-corrected chi connectivity index (χ0v) is 14.1. The van der Waals surface area contributed by atoms with Crippen LogP contribution in [0.2, 0.25) is 0 Å². The minimum absolute atomic E-state index is 0.0524. The second-order valence-corrected chi connectivity index (χ2v) is 5.94. The van der Waals surface area contributed by atoms with Gasteiger partial charge in [-0.2, -0.15) is 5.10 Å². The third kappa shape index (κ3) is 3.51. The van der Waals surface area contributed by atoms with E-state index >= 15 is 0 Å². The maximum atomic E-state index is 12.5. The molecule has 122 valence electrons. The van der Waals surface area contributed by atoms with Gasteiger partial charge in [-0.3, -0.25) is 9.89 Å². The lowest BCUT2D eigenvalue weighted by Crippen LogP contribution is -2.15. The van der Waals surface area contributed by atoms with Gasteiger partial charge in [-0.15, -0.1) is 0 Å². The highest BCUT2D eigenvalue weighted by Crippen LogP contribution is 2.25. The Morgan fingerprint density at radius 2 is 1.92 bits per heavy atom. The van der Waals surface area contributed by atoms with Crippen molar-refractivity contribution in [2.24, 2.45) is 0 Å². The molecule has 0 bridgehead atoms. The van der Waals surface area contributed by atoms with E-state index in [1.54, 1.807) is 0 Å². The zero-order chi connectivity index (χ0) is 17.1. The van der Waals surface area contributed by atoms with E-state index in [0.29, 0.717) is 17.9 Å². The Labute approximate surface area is 141 Å². The number of aromatic nitrogens is 3. The zero-order valence-electron chi connectivity index (χ0n) is 14.1. The van der Waals surface area contributed by atoms with E-state index in [0.717, 1.165) is 28.1 Å². The molecular formula is C19H20N4O. The summed E-state index contributed by atoms with van der Waals surface area (Å²) in [6.45, 7) is 5.90. The van der Waals surface area contributed by atoms with Gasteiger partial charge in [0, 0.05) is 5.56 Å². The number of para-hydroxylation sites is 1. The van der Waals surface area contributed by atoms with Crippen molar-refractivity contribution in [3.8, 4) is 11.4 Å². The number of carbonyl (C=O) groups excluding carboxylic acids is 1. The Morgan fingerprint density at radius 1 is 1.12 bits per heavy atom. The lowest BCUT2D eigenvalue weighted by molar-refractivity contribution is -0.115. The van der Waals surface area contributed by atoms with Crippen LogP contribution in [0.4, 0.5) is 5.69 Å². The van der Waals surface area contributed by atoms with Crippen molar-refractivity contribution < 1.29 is 4.79 Å². The van der Waals surface area contributed by atoms with E-state index in [-0.39, 0.29) is 5.91 Å². The molecule has 0 saturated carbocycles. The minimum atomic E-state index is -0.0524. The Bertz CT molecular complexity index is 883. The summed E-state index contributed by atoms with van der Waals surface area (Å²) < 4.78 is 0. The van der Waals surface area contributed by atoms with Gasteiger partial charge in [-0.1, -0.05) is 35.9 Å². The molecule has 1 amide bonds. The first kappa shape index (κ1) is 15.9. The number of aryl methyl sites for hydroxylation is 3. The Kier molecular flexibility index (Phi) is 4.42. The second-order valence-electron chi connectivity index (χ2n) is 5.94. The Hall–Kier alpha value is -2.95. The molecule has 1 heterocycles. The quantitative estimate of drug-likeness (QED) is 0.772. The summed E-state index contributed by atoms with van der Waals surface area (Å²) in [6.07, 6.45) is 0.342. The van der Waals surface area contributed by atoms with Crippen LogP contribution in [0.15, 0.2) is 42.5 Å². The molecule has 0 radical (unpaired) electrons. The largest absolute Gasteiger partial charge is 0.325 e. The van der Waals surface area contributed by atoms with Gasteiger partial charge in [0.15, 0.2) is 5.82 Å². The van der Waals surface area contributed by atoms with Crippen LogP contribution in [0.1, 0.15) is 22.5 Å². The molecule has 5 nitrogen and oxygen atoms in total. The van der Waals surface area contributed by atoms with Crippen LogP contribution < -0.4 is 5.32 Å². The van der Waals surface area contributed by atoms with Crippen molar-refractivity contribution in [2.45, 2.75) is 27.2 Å². The number of rotatable bonds is 4. The number of H-pyrrole nitrogens is 1. The Balaban J connectivity index is 1.81. The van der Waals surface area contributed by atoms with Gasteiger partial charge < -0.3 is 5.32 Å². The molecule has 0 unspecified atom stereocenters. The number of nitrogens with zero attached hydrogens (tertiary/aromatic N) is 2. The van der Waals surface area contributed by atoms with Crippen LogP contribution in [0.25, 0.3) is 11.4 Å². The van der Waals surface area contributed by atoms with Crippen LogP contribution in [0.5, 0.6) is 0 Å². The number of carbonyl (C=O) groups is 1. The number of benzene rings is 2. The van der Waals surface area contributed by atoms with Crippen LogP contribution >= 0.6 is 0 Å². The Morgan fingerprint density at radius 3 is 2.67 bits per heavy atom. The third-order valence-electron chi connectivity index (χ3n) is 3.89. The highest BCUT2D eigenvalue weighted by Gasteiger charge is 2.12. The van der Waals surface area contributed by atoms with Crippen molar-refractivity contribution in [1.82, 2.24) is 15.2 Å². The average Bonchev–Trinajstić information content (AvgIpc) is 2.98. The third-order valence-corrected chi connectivity index (χ3v) is 3.89. The van der Waals surface area contributed by atoms with E-state index in [1.807, 2.05) is 51.1 Å². The predicted molar refractivity (Wildman–Crippen MR) is 94.8 cm³/mol. The van der Waals surface area contributed by atoms with Crippen molar-refractivity contribution in [3.63, 3.8) is 0 Å². The standard InChI is InChI=1S/C19H20N4O/c1-12-8-9-13(2)15(10-12)11-18(24)21-17-7-5-4-6-16(17)19-20-14(3)22-23-19/h4-10H,11H2,1-3H3,(H,21,24)(H,20,22,23). The minimum Gasteiger partial charge on any atom is -0.325 e. The maximum absolute atomic E-state index is 12.5. The predicted octanol–water partition coefficient (Wildman–Crippen LogP) is 3.58. The van der Waals surface area contributed by atoms with E-state index in [4.69, 9.17) is 0 Å². The van der Waals surface area contributed by atoms with Crippen molar-refractivity contribution >= 4 is 11.6 Å². The van der Waals surface area contributed by atoms with Gasteiger partial charge >= 0.3 is 0 Å². The summed E-state index contributed by atoms with van der Waals surface area (Å²) in [5.41, 5.74) is 4.83. The number of hydrogen-bond acceptors (Lipinski definition) is 3. The molecule has 0 aliphatic carbocycles. The van der Waals surface area contributed by atoms with Gasteiger partial charge in [0.1, 0.15) is 5.82 Å². The number of aromatic amines is 1. The molecule has 0 aliphatic heterocycles. The fourth-order valence-corrected chi connectivity index (χ4v) is 2.61. The summed E-state index contributed by atoms with van der Waals surface area (Å²) in [4.78, 5) is 16.8. The lowest BCUT2D eigenvalue weighted by Gasteiger charge is -2.10. The van der Waals surface area contributed by atoms with Crippen LogP contribution in [0.3, 0.4) is 0 Å². The lowest BCUT2D eigenvalue weighted by atomic mass is 10.0. The summed E-state index contributed by atoms with van der Waals surface area (Å²) in [5.74, 6) is 1.26. The smallest absolute Gasteiger partial charge is 0.228 e. The molecule has 3 rings (SSSR count). The monoisotopic (exact) mass is 320 g/mol. The molecule has 5 heteroatoms. The van der Waals surface area contributed by atoms with E-state index in [1.165, 1.54) is 0 Å². The van der Waals surface area contributed by atoms with Crippen molar-refractivity contribution in [2.75, 3.05) is 5.32 Å². The van der Waals surface area contributed by atoms with Gasteiger partial charge in [-0.05, 0) is 44.0 Å². The molecule has 24 heavy (non-hydrogen) atoms. The van der Waals surface area contributed by atoms with E-state index in [9.17, 15) is 4.79 Å². The number of nitrogens with one attached hydrogen (secondary N) is 2. The van der Waals surface area contributed by atoms with Gasteiger partial charge in [0.2, 0.25) is 5.91 Å². The van der Waals surface area contributed by atoms with Crippen molar-refractivity contribution in [1.29, 1.82) is 0 Å². The molecule has 1 aromatic heterocycles. The molecular weight excluding hydrogens is 300 g/mol. The molecule has 0 saturated heterocycles. The summed E-state index contributed by atoms with van der Waals surface area (Å²) in [7, 11) is 0. The van der Waals surface area contributed by atoms with Gasteiger partial charge in [-0.25, -0.2) is 4.98 Å². The topological polar surface area (TPSA) is 70.7 Å². The van der Waals surface area contributed by atoms with Crippen molar-refractivity contribution in [3.05, 3.63) is 65.0 Å². The molecule has 0 aliphatic rings. The summed E-state index contributed by atoms with van der Waals surface area (Å²) in [6, 6.07) is 13.7. The molecule has 2 aromatic carbocycles. The molecule has 0 atom stereocenters. The van der Waals surface area contributed by atoms with Crippen LogP contribution in [0, 0.1) is 20.8 Å². The van der Waals surface area contributed by atoms with E-state index in [2.05, 4.69) is 32.6 Å². The number of hydrogen-bond donors (Lipinski definition) is 2. The second kappa shape index (κ2) is 6.66. The fourth-order valence-electron chi connectivity index (χ4n) is 2.61. The summed E-state index contributed by atoms with van der Waals surface area (Å²) in [5, 5.41) is 9.98. The highest BCUT2D eigenvalue weighted by molar-refractivity contribution is 5.96. The molecule has 3 aromatic rings. The number of anilines is 1. The van der Waals surface area contributed by atoms with Crippen LogP contribution in [-0.2, 0) is 11.2 Å².